The van der Waals surface area contributed by atoms with Crippen molar-refractivity contribution in [2.45, 2.75) is 50.1 Å². The molecule has 1 aliphatic heterocycles. The first kappa shape index (κ1) is 22.8. The van der Waals surface area contributed by atoms with E-state index in [1.165, 1.54) is 5.56 Å². The average molecular weight is 475 g/mol. The van der Waals surface area contributed by atoms with Crippen molar-refractivity contribution in [2.75, 3.05) is 13.1 Å². The first-order valence-electron chi connectivity index (χ1n) is 12.0. The molecule has 0 spiro atoms. The molecular weight excluding hydrogens is 444 g/mol. The second-order valence-electron chi connectivity index (χ2n) is 9.32. The molecule has 5 nitrogen and oxygen atoms in total. The highest BCUT2D eigenvalue weighted by atomic mass is 32.2. The first-order valence-corrected chi connectivity index (χ1v) is 13.4. The molecule has 0 unspecified atom stereocenters. The molecule has 5 rings (SSSR count). The molecule has 1 heterocycles. The maximum absolute atomic E-state index is 14.1. The van der Waals surface area contributed by atoms with Gasteiger partial charge in [0, 0.05) is 25.2 Å². The Bertz CT molecular complexity index is 1300. The molecule has 3 aromatic carbocycles. The van der Waals surface area contributed by atoms with Gasteiger partial charge in [0.25, 0.3) is 5.91 Å². The zero-order chi connectivity index (χ0) is 23.7. The van der Waals surface area contributed by atoms with E-state index in [0.717, 1.165) is 55.5 Å². The van der Waals surface area contributed by atoms with Crippen molar-refractivity contribution in [2.24, 2.45) is 0 Å². The number of aryl methyl sites for hydroxylation is 2. The average Bonchev–Trinajstić information content (AvgIpc) is 3.54. The van der Waals surface area contributed by atoms with E-state index >= 15 is 0 Å². The molecule has 2 aliphatic rings. The van der Waals surface area contributed by atoms with Crippen molar-refractivity contribution in [3.8, 4) is 0 Å². The SMILES string of the molecule is Cc1ccc(CN([C@@H]2CCc3ccccc32)S(=O)(=O)c2cccc(C(=O)N3CCCC3)c2)cc1. The third-order valence-electron chi connectivity index (χ3n) is 6.99. The third kappa shape index (κ3) is 4.40. The Morgan fingerprint density at radius 3 is 2.47 bits per heavy atom. The molecule has 0 aromatic heterocycles. The number of likely N-dealkylation sites (tertiary alicyclic amines) is 1. The minimum absolute atomic E-state index is 0.0918. The number of nitrogens with zero attached hydrogens (tertiary/aromatic N) is 2. The van der Waals surface area contributed by atoms with Gasteiger partial charge >= 0.3 is 0 Å². The zero-order valence-electron chi connectivity index (χ0n) is 19.5. The van der Waals surface area contributed by atoms with Gasteiger partial charge in [-0.3, -0.25) is 4.79 Å². The normalized spacial score (nSPS) is 17.8. The maximum Gasteiger partial charge on any atom is 0.253 e. The van der Waals surface area contributed by atoms with Crippen LogP contribution >= 0.6 is 0 Å². The minimum Gasteiger partial charge on any atom is -0.339 e. The first-order chi connectivity index (χ1) is 16.4. The lowest BCUT2D eigenvalue weighted by Crippen LogP contribution is -2.34. The van der Waals surface area contributed by atoms with Gasteiger partial charge in [-0.1, -0.05) is 60.2 Å². The van der Waals surface area contributed by atoms with Crippen LogP contribution < -0.4 is 0 Å². The van der Waals surface area contributed by atoms with Gasteiger partial charge in [0.2, 0.25) is 10.0 Å². The standard InChI is InChI=1S/C28H30N2O3S/c1-21-11-13-22(14-12-21)20-30(27-16-15-23-7-2-3-10-26(23)27)34(32,33)25-9-6-8-24(19-25)28(31)29-17-4-5-18-29/h2-3,6-14,19,27H,4-5,15-18,20H2,1H3/t27-/m1/s1. The van der Waals surface area contributed by atoms with Crippen molar-refractivity contribution < 1.29 is 13.2 Å². The molecule has 176 valence electrons. The van der Waals surface area contributed by atoms with Crippen molar-refractivity contribution in [1.29, 1.82) is 0 Å². The molecule has 1 saturated heterocycles. The number of sulfonamides is 1. The largest absolute Gasteiger partial charge is 0.339 e. The molecule has 6 heteroatoms. The van der Waals surface area contributed by atoms with Crippen molar-refractivity contribution in [3.63, 3.8) is 0 Å². The Balaban J connectivity index is 1.53. The molecule has 0 saturated carbocycles. The monoisotopic (exact) mass is 474 g/mol. The lowest BCUT2D eigenvalue weighted by Gasteiger charge is -2.29. The smallest absolute Gasteiger partial charge is 0.253 e. The summed E-state index contributed by atoms with van der Waals surface area (Å²) in [4.78, 5) is 14.9. The Morgan fingerprint density at radius 2 is 1.71 bits per heavy atom. The van der Waals surface area contributed by atoms with Crippen LogP contribution in [0.3, 0.4) is 0 Å². The number of rotatable bonds is 6. The fourth-order valence-corrected chi connectivity index (χ4v) is 6.77. The number of fused-ring (bicyclic) bond motifs is 1. The highest BCUT2D eigenvalue weighted by Gasteiger charge is 2.36. The van der Waals surface area contributed by atoms with E-state index in [0.29, 0.717) is 5.56 Å². The maximum atomic E-state index is 14.1. The molecule has 1 aliphatic carbocycles. The summed E-state index contributed by atoms with van der Waals surface area (Å²) in [6.45, 7) is 3.77. The summed E-state index contributed by atoms with van der Waals surface area (Å²) < 4.78 is 29.8. The van der Waals surface area contributed by atoms with Gasteiger partial charge in [-0.15, -0.1) is 0 Å². The van der Waals surface area contributed by atoms with Crippen LogP contribution in [-0.4, -0.2) is 36.6 Å². The summed E-state index contributed by atoms with van der Waals surface area (Å²) in [5.41, 5.74) is 4.79. The number of hydrogen-bond donors (Lipinski definition) is 0. The predicted octanol–water partition coefficient (Wildman–Crippen LogP) is 5.11. The van der Waals surface area contributed by atoms with E-state index in [1.54, 1.807) is 28.6 Å². The fraction of sp³-hybridized carbons (Fsp3) is 0.321. The quantitative estimate of drug-likeness (QED) is 0.499. The number of amides is 1. The summed E-state index contributed by atoms with van der Waals surface area (Å²) in [6.07, 6.45) is 3.59. The Kier molecular flexibility index (Phi) is 6.28. The van der Waals surface area contributed by atoms with Gasteiger partial charge in [0.15, 0.2) is 0 Å². The van der Waals surface area contributed by atoms with Crippen molar-refractivity contribution in [3.05, 3.63) is 101 Å². The molecule has 1 amide bonds. The highest BCUT2D eigenvalue weighted by molar-refractivity contribution is 7.89. The molecule has 0 bridgehead atoms. The van der Waals surface area contributed by atoms with Crippen LogP contribution in [0.15, 0.2) is 77.7 Å². The predicted molar refractivity (Wildman–Crippen MR) is 133 cm³/mol. The van der Waals surface area contributed by atoms with Gasteiger partial charge < -0.3 is 4.90 Å². The summed E-state index contributed by atoms with van der Waals surface area (Å²) in [7, 11) is -3.85. The Morgan fingerprint density at radius 1 is 0.971 bits per heavy atom. The van der Waals surface area contributed by atoms with Crippen molar-refractivity contribution in [1.82, 2.24) is 9.21 Å². The lowest BCUT2D eigenvalue weighted by atomic mass is 10.1. The van der Waals surface area contributed by atoms with Crippen LogP contribution in [0.1, 0.15) is 57.9 Å². The molecule has 0 N–H and O–H groups in total. The van der Waals surface area contributed by atoms with Crippen LogP contribution in [-0.2, 0) is 23.0 Å². The highest BCUT2D eigenvalue weighted by Crippen LogP contribution is 2.39. The molecule has 3 aromatic rings. The Labute approximate surface area is 202 Å². The van der Waals surface area contributed by atoms with E-state index in [-0.39, 0.29) is 23.4 Å². The lowest BCUT2D eigenvalue weighted by molar-refractivity contribution is 0.0792. The van der Waals surface area contributed by atoms with E-state index in [9.17, 15) is 13.2 Å². The van der Waals surface area contributed by atoms with Gasteiger partial charge in [-0.2, -0.15) is 4.31 Å². The van der Waals surface area contributed by atoms with Crippen LogP contribution in [0, 0.1) is 6.92 Å². The summed E-state index contributed by atoms with van der Waals surface area (Å²) in [5, 5.41) is 0. The molecule has 1 fully saturated rings. The topological polar surface area (TPSA) is 57.7 Å². The van der Waals surface area contributed by atoms with Crippen LogP contribution in [0.5, 0.6) is 0 Å². The fourth-order valence-electron chi connectivity index (χ4n) is 5.10. The summed E-state index contributed by atoms with van der Waals surface area (Å²) in [5.74, 6) is -0.0918. The minimum atomic E-state index is -3.85. The van der Waals surface area contributed by atoms with Crippen LogP contribution in [0.4, 0.5) is 0 Å². The van der Waals surface area contributed by atoms with Gasteiger partial charge in [0.05, 0.1) is 10.9 Å². The van der Waals surface area contributed by atoms with E-state index in [2.05, 4.69) is 6.07 Å². The third-order valence-corrected chi connectivity index (χ3v) is 8.84. The molecular formula is C28H30N2O3S. The van der Waals surface area contributed by atoms with E-state index in [4.69, 9.17) is 0 Å². The molecule has 1 atom stereocenters. The van der Waals surface area contributed by atoms with Crippen molar-refractivity contribution >= 4 is 15.9 Å². The second-order valence-corrected chi connectivity index (χ2v) is 11.2. The number of carbonyl (C=O) groups is 1. The number of benzene rings is 3. The van der Waals surface area contributed by atoms with E-state index < -0.39 is 10.0 Å². The van der Waals surface area contributed by atoms with Crippen LogP contribution in [0.2, 0.25) is 0 Å². The molecule has 34 heavy (non-hydrogen) atoms. The second kappa shape index (κ2) is 9.35. The van der Waals surface area contributed by atoms with Crippen LogP contribution in [0.25, 0.3) is 0 Å². The van der Waals surface area contributed by atoms with E-state index in [1.807, 2.05) is 54.3 Å². The summed E-state index contributed by atoms with van der Waals surface area (Å²) in [6, 6.07) is 22.4. The number of hydrogen-bond acceptors (Lipinski definition) is 3. The van der Waals surface area contributed by atoms with Gasteiger partial charge in [0.1, 0.15) is 0 Å². The zero-order valence-corrected chi connectivity index (χ0v) is 20.3. The number of carbonyl (C=O) groups excluding carboxylic acids is 1. The molecule has 0 radical (unpaired) electrons. The van der Waals surface area contributed by atoms with Gasteiger partial charge in [-0.25, -0.2) is 8.42 Å². The Hall–Kier alpha value is -2.96. The summed E-state index contributed by atoms with van der Waals surface area (Å²) >= 11 is 0. The van der Waals surface area contributed by atoms with Gasteiger partial charge in [-0.05, 0) is 67.5 Å².